The fourth-order valence-electron chi connectivity index (χ4n) is 3.56. The van der Waals surface area contributed by atoms with Gasteiger partial charge in [0.05, 0.1) is 11.8 Å². The fourth-order valence-corrected chi connectivity index (χ4v) is 3.56. The van der Waals surface area contributed by atoms with E-state index in [-0.39, 0.29) is 11.9 Å². The molecule has 7 nitrogen and oxygen atoms in total. The largest absolute Gasteiger partial charge is 0.508 e. The zero-order valence-electron chi connectivity index (χ0n) is 14.8. The Kier molecular flexibility index (Phi) is 3.88. The zero-order chi connectivity index (χ0) is 18.4. The summed E-state index contributed by atoms with van der Waals surface area (Å²) in [6.45, 7) is 5.10. The van der Waals surface area contributed by atoms with Crippen molar-refractivity contribution in [2.75, 3.05) is 23.7 Å². The number of benzene rings is 1. The van der Waals surface area contributed by atoms with Crippen molar-refractivity contribution in [2.24, 2.45) is 0 Å². The van der Waals surface area contributed by atoms with Crippen LogP contribution in [-0.4, -0.2) is 44.4 Å². The summed E-state index contributed by atoms with van der Waals surface area (Å²) in [5, 5.41) is 20.8. The number of aliphatic hydroxyl groups is 1. The van der Waals surface area contributed by atoms with E-state index in [0.717, 1.165) is 34.4 Å². The lowest BCUT2D eigenvalue weighted by atomic mass is 9.97. The minimum Gasteiger partial charge on any atom is -0.508 e. The second kappa shape index (κ2) is 6.10. The van der Waals surface area contributed by atoms with E-state index >= 15 is 0 Å². The Morgan fingerprint density at radius 3 is 2.77 bits per heavy atom. The van der Waals surface area contributed by atoms with Crippen LogP contribution in [0.1, 0.15) is 17.5 Å². The number of aryl methyl sites for hydroxylation is 1. The van der Waals surface area contributed by atoms with E-state index in [1.807, 2.05) is 30.9 Å². The molecule has 1 saturated heterocycles. The molecule has 0 amide bonds. The zero-order valence-corrected chi connectivity index (χ0v) is 14.8. The van der Waals surface area contributed by atoms with Crippen LogP contribution in [0, 0.1) is 13.8 Å². The van der Waals surface area contributed by atoms with E-state index in [0.29, 0.717) is 30.0 Å². The third kappa shape index (κ3) is 2.61. The maximum atomic E-state index is 10.2. The number of nitrogens with two attached hydrogens (primary N) is 1. The van der Waals surface area contributed by atoms with Crippen LogP contribution in [0.3, 0.4) is 0 Å². The van der Waals surface area contributed by atoms with E-state index in [2.05, 4.69) is 9.97 Å². The highest BCUT2D eigenvalue weighted by atomic mass is 16.3. The van der Waals surface area contributed by atoms with E-state index in [1.165, 1.54) is 6.33 Å². The first-order chi connectivity index (χ1) is 12.5. The second-order valence-electron chi connectivity index (χ2n) is 6.77. The van der Waals surface area contributed by atoms with Crippen LogP contribution >= 0.6 is 0 Å². The van der Waals surface area contributed by atoms with E-state index < -0.39 is 0 Å². The van der Waals surface area contributed by atoms with Crippen molar-refractivity contribution >= 4 is 22.5 Å². The molecule has 0 radical (unpaired) electrons. The molecule has 134 valence electrons. The third-order valence-corrected chi connectivity index (χ3v) is 5.01. The summed E-state index contributed by atoms with van der Waals surface area (Å²) in [5.74, 6) is 1.33. The molecule has 0 spiro atoms. The van der Waals surface area contributed by atoms with Gasteiger partial charge in [-0.25, -0.2) is 15.0 Å². The number of hydrogen-bond acceptors (Lipinski definition) is 7. The Balaban J connectivity index is 2.02. The van der Waals surface area contributed by atoms with Gasteiger partial charge in [0.1, 0.15) is 29.2 Å². The average Bonchev–Trinajstić information content (AvgIpc) is 3.05. The summed E-state index contributed by atoms with van der Waals surface area (Å²) in [6, 6.07) is 5.42. The van der Waals surface area contributed by atoms with Crippen LogP contribution in [0.5, 0.6) is 5.75 Å². The van der Waals surface area contributed by atoms with Gasteiger partial charge in [0, 0.05) is 29.6 Å². The number of aliphatic hydroxyl groups excluding tert-OH is 1. The van der Waals surface area contributed by atoms with Crippen molar-refractivity contribution in [1.82, 2.24) is 15.0 Å². The molecule has 1 aliphatic rings. The Hall–Kier alpha value is -2.93. The number of aromatic nitrogens is 3. The highest BCUT2D eigenvalue weighted by Crippen LogP contribution is 2.37. The number of phenolic OH excluding ortho intramolecular Hbond substituents is 1. The van der Waals surface area contributed by atoms with Crippen LogP contribution in [-0.2, 0) is 0 Å². The second-order valence-corrected chi connectivity index (χ2v) is 6.77. The van der Waals surface area contributed by atoms with Gasteiger partial charge in [0.25, 0.3) is 0 Å². The predicted octanol–water partition coefficient (Wildman–Crippen LogP) is 2.17. The van der Waals surface area contributed by atoms with E-state index in [1.54, 1.807) is 6.07 Å². The lowest BCUT2D eigenvalue weighted by Crippen LogP contribution is -2.22. The first-order valence-corrected chi connectivity index (χ1v) is 8.59. The molecule has 1 atom stereocenters. The van der Waals surface area contributed by atoms with Crippen molar-refractivity contribution in [3.63, 3.8) is 0 Å². The number of anilines is 2. The predicted molar refractivity (Wildman–Crippen MR) is 101 cm³/mol. The van der Waals surface area contributed by atoms with Crippen molar-refractivity contribution in [1.29, 1.82) is 0 Å². The molecule has 0 bridgehead atoms. The standard InChI is InChI=1S/C19H21N5O2/c1-10-3-4-14(26)11(2)16(10)18-17-13(19(20)22-9-21-17)7-15(23-18)24-6-5-12(25)8-24/h3-4,7,9,12,25-26H,5-6,8H2,1-2H3,(H2,20,21,22)/t12-/m0/s1. The van der Waals surface area contributed by atoms with Crippen LogP contribution in [0.25, 0.3) is 22.2 Å². The summed E-state index contributed by atoms with van der Waals surface area (Å²) in [6.07, 6.45) is 1.78. The van der Waals surface area contributed by atoms with Crippen molar-refractivity contribution in [3.8, 4) is 17.0 Å². The minimum atomic E-state index is -0.357. The number of fused-ring (bicyclic) bond motifs is 1. The Labute approximate surface area is 151 Å². The highest BCUT2D eigenvalue weighted by Gasteiger charge is 2.24. The van der Waals surface area contributed by atoms with Gasteiger partial charge in [0.2, 0.25) is 0 Å². The topological polar surface area (TPSA) is 108 Å². The molecule has 3 heterocycles. The van der Waals surface area contributed by atoms with Crippen molar-refractivity contribution < 1.29 is 10.2 Å². The lowest BCUT2D eigenvalue weighted by molar-refractivity contribution is 0.198. The number of phenols is 1. The molecule has 2 aromatic heterocycles. The maximum absolute atomic E-state index is 10.2. The Bertz CT molecular complexity index is 1000. The van der Waals surface area contributed by atoms with Crippen LogP contribution in [0.15, 0.2) is 24.5 Å². The average molecular weight is 351 g/mol. The van der Waals surface area contributed by atoms with Gasteiger partial charge in [-0.15, -0.1) is 0 Å². The first kappa shape index (κ1) is 16.5. The summed E-state index contributed by atoms with van der Waals surface area (Å²) < 4.78 is 0. The lowest BCUT2D eigenvalue weighted by Gasteiger charge is -2.20. The SMILES string of the molecule is Cc1ccc(O)c(C)c1-c1nc(N2CC[C@H](O)C2)cc2c(N)ncnc12. The van der Waals surface area contributed by atoms with E-state index in [9.17, 15) is 10.2 Å². The molecule has 26 heavy (non-hydrogen) atoms. The summed E-state index contributed by atoms with van der Waals surface area (Å²) in [5.41, 5.74) is 10.0. The molecular formula is C19H21N5O2. The number of hydrogen-bond donors (Lipinski definition) is 3. The Morgan fingerprint density at radius 1 is 1.23 bits per heavy atom. The van der Waals surface area contributed by atoms with Crippen LogP contribution in [0.2, 0.25) is 0 Å². The first-order valence-electron chi connectivity index (χ1n) is 8.59. The molecule has 1 fully saturated rings. The molecule has 4 N–H and O–H groups in total. The van der Waals surface area contributed by atoms with Gasteiger partial charge in [-0.05, 0) is 38.0 Å². The molecule has 1 aromatic carbocycles. The molecule has 0 aliphatic carbocycles. The highest BCUT2D eigenvalue weighted by molar-refractivity contribution is 5.99. The van der Waals surface area contributed by atoms with Gasteiger partial charge < -0.3 is 20.8 Å². The fraction of sp³-hybridized carbons (Fsp3) is 0.316. The number of rotatable bonds is 2. The number of pyridine rings is 1. The normalized spacial score (nSPS) is 17.2. The van der Waals surface area contributed by atoms with Gasteiger partial charge in [-0.1, -0.05) is 6.07 Å². The van der Waals surface area contributed by atoms with Gasteiger partial charge >= 0.3 is 0 Å². The monoisotopic (exact) mass is 351 g/mol. The summed E-state index contributed by atoms with van der Waals surface area (Å²) in [4.78, 5) is 15.4. The van der Waals surface area contributed by atoms with Crippen LogP contribution in [0.4, 0.5) is 11.6 Å². The molecule has 0 saturated carbocycles. The smallest absolute Gasteiger partial charge is 0.134 e. The minimum absolute atomic E-state index is 0.213. The quantitative estimate of drug-likeness (QED) is 0.649. The van der Waals surface area contributed by atoms with E-state index in [4.69, 9.17) is 10.7 Å². The van der Waals surface area contributed by atoms with Gasteiger partial charge in [-0.3, -0.25) is 0 Å². The molecule has 7 heteroatoms. The number of nitrogen functional groups attached to an aromatic ring is 1. The molecule has 4 rings (SSSR count). The summed E-state index contributed by atoms with van der Waals surface area (Å²) >= 11 is 0. The van der Waals surface area contributed by atoms with Crippen molar-refractivity contribution in [2.45, 2.75) is 26.4 Å². The van der Waals surface area contributed by atoms with Crippen molar-refractivity contribution in [3.05, 3.63) is 35.7 Å². The van der Waals surface area contributed by atoms with Crippen LogP contribution < -0.4 is 10.6 Å². The molecule has 0 unspecified atom stereocenters. The van der Waals surface area contributed by atoms with Gasteiger partial charge in [0.15, 0.2) is 0 Å². The third-order valence-electron chi connectivity index (χ3n) is 5.01. The number of β-amino-alcohol motifs (C(OH)–C–C–N with tert-alkyl or cyclic N) is 1. The number of nitrogens with zero attached hydrogens (tertiary/aromatic N) is 4. The summed E-state index contributed by atoms with van der Waals surface area (Å²) in [7, 11) is 0. The van der Waals surface area contributed by atoms with Gasteiger partial charge in [-0.2, -0.15) is 0 Å². The maximum Gasteiger partial charge on any atom is 0.134 e. The molecule has 1 aliphatic heterocycles. The number of aromatic hydroxyl groups is 1. The molecular weight excluding hydrogens is 330 g/mol. The molecule has 3 aromatic rings. The Morgan fingerprint density at radius 2 is 2.04 bits per heavy atom.